The second kappa shape index (κ2) is 10.7. The summed E-state index contributed by atoms with van der Waals surface area (Å²) in [4.78, 5) is 13.7. The molecule has 1 N–H and O–H groups in total. The Morgan fingerprint density at radius 1 is 0.657 bits per heavy atom. The Morgan fingerprint density at radius 3 is 1.40 bits per heavy atom. The van der Waals surface area contributed by atoms with Crippen molar-refractivity contribution in [3.05, 3.63) is 144 Å². The summed E-state index contributed by atoms with van der Waals surface area (Å²) in [5.74, 6) is -0.270. The first-order valence-electron chi connectivity index (χ1n) is 12.1. The third-order valence-corrected chi connectivity index (χ3v) is 5.99. The fourth-order valence-corrected chi connectivity index (χ4v) is 4.49. The van der Waals surface area contributed by atoms with E-state index in [1.165, 1.54) is 0 Å². The molecule has 3 nitrogen and oxygen atoms in total. The van der Waals surface area contributed by atoms with E-state index in [1.54, 1.807) is 0 Å². The molecule has 0 amide bonds. The first-order chi connectivity index (χ1) is 16.9. The number of esters is 1. The summed E-state index contributed by atoms with van der Waals surface area (Å²) in [6.07, 6.45) is 0.504. The molecule has 4 aromatic carbocycles. The lowest BCUT2D eigenvalue weighted by Gasteiger charge is -2.40. The van der Waals surface area contributed by atoms with Gasteiger partial charge in [-0.25, -0.2) is 0 Å². The molecule has 178 valence electrons. The Labute approximate surface area is 208 Å². The van der Waals surface area contributed by atoms with Crippen molar-refractivity contribution in [1.29, 1.82) is 0 Å². The predicted molar refractivity (Wildman–Crippen MR) is 142 cm³/mol. The summed E-state index contributed by atoms with van der Waals surface area (Å²) in [6, 6.07) is 40.5. The molecule has 0 radical (unpaired) electrons. The minimum absolute atomic E-state index is 0.270. The van der Waals surface area contributed by atoms with Crippen LogP contribution in [-0.4, -0.2) is 17.6 Å². The van der Waals surface area contributed by atoms with Crippen LogP contribution in [0.3, 0.4) is 0 Å². The molecule has 0 bridgehead atoms. The van der Waals surface area contributed by atoms with E-state index in [1.807, 2.05) is 106 Å². The highest BCUT2D eigenvalue weighted by Gasteiger charge is 2.40. The minimum Gasteiger partial charge on any atom is -0.459 e. The number of carbonyl (C=O) groups excluding carboxylic acids is 1. The lowest BCUT2D eigenvalue weighted by Crippen LogP contribution is -2.54. The van der Waals surface area contributed by atoms with Gasteiger partial charge in [-0.1, -0.05) is 121 Å². The number of carbonyl (C=O) groups is 1. The highest BCUT2D eigenvalue weighted by molar-refractivity contribution is 5.77. The number of hydrogen-bond acceptors (Lipinski definition) is 3. The van der Waals surface area contributed by atoms with Crippen LogP contribution in [-0.2, 0) is 21.5 Å². The van der Waals surface area contributed by atoms with Crippen LogP contribution in [0.15, 0.2) is 121 Å². The van der Waals surface area contributed by atoms with Gasteiger partial charge in [-0.05, 0) is 49.4 Å². The van der Waals surface area contributed by atoms with Crippen molar-refractivity contribution in [3.8, 4) is 0 Å². The predicted octanol–water partition coefficient (Wildman–Crippen LogP) is 6.52. The molecule has 0 aliphatic heterocycles. The molecule has 0 saturated heterocycles. The Balaban J connectivity index is 1.90. The first-order valence-corrected chi connectivity index (χ1v) is 12.1. The Hall–Kier alpha value is -3.69. The van der Waals surface area contributed by atoms with Crippen molar-refractivity contribution >= 4 is 5.97 Å². The van der Waals surface area contributed by atoms with Crippen molar-refractivity contribution < 1.29 is 9.53 Å². The summed E-state index contributed by atoms with van der Waals surface area (Å²) >= 11 is 0. The van der Waals surface area contributed by atoms with Crippen LogP contribution in [0.1, 0.15) is 43.0 Å². The van der Waals surface area contributed by atoms with E-state index in [2.05, 4.69) is 41.7 Å². The molecule has 0 spiro atoms. The summed E-state index contributed by atoms with van der Waals surface area (Å²) < 4.78 is 5.92. The molecule has 0 aromatic heterocycles. The molecule has 0 heterocycles. The van der Waals surface area contributed by atoms with E-state index < -0.39 is 17.2 Å². The molecular formula is C32H33NO2. The number of rotatable bonds is 8. The molecule has 0 aliphatic carbocycles. The molecular weight excluding hydrogens is 430 g/mol. The van der Waals surface area contributed by atoms with Crippen LogP contribution in [0.25, 0.3) is 0 Å². The van der Waals surface area contributed by atoms with Crippen LogP contribution in [0.2, 0.25) is 0 Å². The SMILES string of the molecule is CC(C)(C)OC(=O)[C@H](Cc1ccccc1)NC(c1ccccc1)(c1ccccc1)c1ccccc1. The Bertz CT molecular complexity index is 1100. The van der Waals surface area contributed by atoms with Gasteiger partial charge in [-0.2, -0.15) is 0 Å². The molecule has 0 unspecified atom stereocenters. The highest BCUT2D eigenvalue weighted by atomic mass is 16.6. The average Bonchev–Trinajstić information content (AvgIpc) is 2.88. The molecule has 4 aromatic rings. The minimum atomic E-state index is -0.764. The van der Waals surface area contributed by atoms with Gasteiger partial charge in [-0.3, -0.25) is 10.1 Å². The van der Waals surface area contributed by atoms with E-state index in [4.69, 9.17) is 4.74 Å². The first kappa shape index (κ1) is 24.4. The van der Waals surface area contributed by atoms with Crippen molar-refractivity contribution in [1.82, 2.24) is 5.32 Å². The van der Waals surface area contributed by atoms with Crippen LogP contribution in [0.4, 0.5) is 0 Å². The van der Waals surface area contributed by atoms with Crippen LogP contribution in [0, 0.1) is 0 Å². The summed E-state index contributed by atoms with van der Waals surface area (Å²) in [7, 11) is 0. The molecule has 0 aliphatic rings. The maximum absolute atomic E-state index is 13.7. The topological polar surface area (TPSA) is 38.3 Å². The Morgan fingerprint density at radius 2 is 1.03 bits per heavy atom. The van der Waals surface area contributed by atoms with Crippen molar-refractivity contribution in [2.24, 2.45) is 0 Å². The smallest absolute Gasteiger partial charge is 0.324 e. The van der Waals surface area contributed by atoms with Gasteiger partial charge >= 0.3 is 5.97 Å². The average molecular weight is 464 g/mol. The third kappa shape index (κ3) is 5.87. The summed E-state index contributed by atoms with van der Waals surface area (Å²) in [6.45, 7) is 5.72. The van der Waals surface area contributed by atoms with Gasteiger partial charge in [0.2, 0.25) is 0 Å². The van der Waals surface area contributed by atoms with Crippen molar-refractivity contribution in [2.75, 3.05) is 0 Å². The number of ether oxygens (including phenoxy) is 1. The zero-order valence-electron chi connectivity index (χ0n) is 20.6. The van der Waals surface area contributed by atoms with E-state index in [9.17, 15) is 4.79 Å². The summed E-state index contributed by atoms with van der Waals surface area (Å²) in [5.41, 5.74) is 2.87. The third-order valence-electron chi connectivity index (χ3n) is 5.99. The van der Waals surface area contributed by atoms with E-state index in [-0.39, 0.29) is 5.97 Å². The van der Waals surface area contributed by atoms with Crippen LogP contribution in [0.5, 0.6) is 0 Å². The van der Waals surface area contributed by atoms with Gasteiger partial charge in [0.25, 0.3) is 0 Å². The van der Waals surface area contributed by atoms with Gasteiger partial charge in [0.15, 0.2) is 0 Å². The van der Waals surface area contributed by atoms with Gasteiger partial charge in [0, 0.05) is 0 Å². The monoisotopic (exact) mass is 463 g/mol. The Kier molecular flexibility index (Phi) is 7.48. The van der Waals surface area contributed by atoms with E-state index >= 15 is 0 Å². The molecule has 4 rings (SSSR count). The lowest BCUT2D eigenvalue weighted by molar-refractivity contribution is -0.157. The molecule has 1 atom stereocenters. The standard InChI is InChI=1S/C32H33NO2/c1-31(2,3)35-30(34)29(24-25-16-8-4-9-17-25)33-32(26-18-10-5-11-19-26,27-20-12-6-13-21-27)28-22-14-7-15-23-28/h4-23,29,33H,24H2,1-3H3/t29-/m0/s1. The van der Waals surface area contributed by atoms with Gasteiger partial charge in [0.05, 0.1) is 5.54 Å². The normalized spacial score (nSPS) is 12.7. The number of benzene rings is 4. The van der Waals surface area contributed by atoms with Crippen LogP contribution >= 0.6 is 0 Å². The van der Waals surface area contributed by atoms with Crippen molar-refractivity contribution in [2.45, 2.75) is 44.4 Å². The zero-order chi connectivity index (χ0) is 24.7. The van der Waals surface area contributed by atoms with Crippen molar-refractivity contribution in [3.63, 3.8) is 0 Å². The van der Waals surface area contributed by atoms with E-state index in [0.29, 0.717) is 6.42 Å². The van der Waals surface area contributed by atoms with Gasteiger partial charge < -0.3 is 4.74 Å². The second-order valence-corrected chi connectivity index (χ2v) is 9.77. The maximum Gasteiger partial charge on any atom is 0.324 e. The van der Waals surface area contributed by atoms with Gasteiger partial charge in [-0.15, -0.1) is 0 Å². The fraction of sp³-hybridized carbons (Fsp3) is 0.219. The van der Waals surface area contributed by atoms with E-state index in [0.717, 1.165) is 22.3 Å². The number of nitrogens with one attached hydrogen (secondary N) is 1. The number of hydrogen-bond donors (Lipinski definition) is 1. The second-order valence-electron chi connectivity index (χ2n) is 9.77. The highest BCUT2D eigenvalue weighted by Crippen LogP contribution is 2.37. The molecule has 35 heavy (non-hydrogen) atoms. The molecule has 0 fully saturated rings. The molecule has 0 saturated carbocycles. The lowest BCUT2D eigenvalue weighted by atomic mass is 9.76. The zero-order valence-corrected chi connectivity index (χ0v) is 20.6. The molecule has 3 heteroatoms. The quantitative estimate of drug-likeness (QED) is 0.239. The fourth-order valence-electron chi connectivity index (χ4n) is 4.49. The largest absolute Gasteiger partial charge is 0.459 e. The maximum atomic E-state index is 13.7. The summed E-state index contributed by atoms with van der Waals surface area (Å²) in [5, 5.41) is 3.81. The van der Waals surface area contributed by atoms with Crippen LogP contribution < -0.4 is 5.32 Å². The van der Waals surface area contributed by atoms with Gasteiger partial charge in [0.1, 0.15) is 11.6 Å².